The van der Waals surface area contributed by atoms with E-state index >= 15 is 0 Å². The van der Waals surface area contributed by atoms with Crippen molar-refractivity contribution in [3.05, 3.63) is 54.1 Å². The van der Waals surface area contributed by atoms with Crippen molar-refractivity contribution in [2.75, 3.05) is 51.9 Å². The van der Waals surface area contributed by atoms with E-state index < -0.39 is 5.97 Å². The van der Waals surface area contributed by atoms with E-state index in [4.69, 9.17) is 18.9 Å². The molecule has 166 valence electrons. The number of ether oxygens (including phenoxy) is 4. The molecule has 1 N–H and O–H groups in total. The zero-order valence-corrected chi connectivity index (χ0v) is 17.7. The Morgan fingerprint density at radius 1 is 1.00 bits per heavy atom. The van der Waals surface area contributed by atoms with Gasteiger partial charge in [-0.05, 0) is 42.0 Å². The lowest BCUT2D eigenvalue weighted by Crippen LogP contribution is -2.35. The molecule has 0 radical (unpaired) electrons. The number of rotatable bonds is 10. The maximum Gasteiger partial charge on any atom is 0.309 e. The highest BCUT2D eigenvalue weighted by Gasteiger charge is 2.11. The normalized spacial score (nSPS) is 14.0. The van der Waals surface area contributed by atoms with E-state index in [1.807, 2.05) is 24.3 Å². The molecule has 31 heavy (non-hydrogen) atoms. The van der Waals surface area contributed by atoms with E-state index in [-0.39, 0.29) is 25.5 Å². The Hall–Kier alpha value is -3.10. The first-order valence-electron chi connectivity index (χ1n) is 10.2. The van der Waals surface area contributed by atoms with Crippen molar-refractivity contribution in [1.29, 1.82) is 0 Å². The van der Waals surface area contributed by atoms with Crippen molar-refractivity contribution in [2.45, 2.75) is 13.0 Å². The molecule has 2 aromatic rings. The molecule has 0 saturated carbocycles. The first kappa shape index (κ1) is 22.6. The zero-order chi connectivity index (χ0) is 21.9. The fraction of sp³-hybridized carbons (Fsp3) is 0.391. The topological polar surface area (TPSA) is 86.3 Å². The van der Waals surface area contributed by atoms with Gasteiger partial charge in [0.2, 0.25) is 0 Å². The number of carbonyl (C=O) groups excluding carboxylic acids is 2. The SMILES string of the molecule is COc1ccc(OCCC(=O)OCC(=O)Nc2ccc(CN3CCOCC3)cc2)cc1. The van der Waals surface area contributed by atoms with Gasteiger partial charge in [-0.2, -0.15) is 0 Å². The Bertz CT molecular complexity index is 832. The zero-order valence-electron chi connectivity index (χ0n) is 17.7. The van der Waals surface area contributed by atoms with Crippen LogP contribution in [0.15, 0.2) is 48.5 Å². The molecule has 1 aliphatic rings. The maximum absolute atomic E-state index is 12.0. The molecule has 1 aliphatic heterocycles. The van der Waals surface area contributed by atoms with Crippen LogP contribution in [-0.2, 0) is 25.6 Å². The Labute approximate surface area is 182 Å². The number of amides is 1. The van der Waals surface area contributed by atoms with Crippen LogP contribution >= 0.6 is 0 Å². The fourth-order valence-corrected chi connectivity index (χ4v) is 3.05. The summed E-state index contributed by atoms with van der Waals surface area (Å²) in [5, 5.41) is 2.73. The molecule has 8 heteroatoms. The van der Waals surface area contributed by atoms with Crippen LogP contribution in [0, 0.1) is 0 Å². The summed E-state index contributed by atoms with van der Waals surface area (Å²) in [5.74, 6) is 0.475. The third-order valence-corrected chi connectivity index (χ3v) is 4.75. The van der Waals surface area contributed by atoms with Crippen LogP contribution in [0.3, 0.4) is 0 Å². The van der Waals surface area contributed by atoms with E-state index in [1.165, 1.54) is 5.56 Å². The molecule has 0 aliphatic carbocycles. The lowest BCUT2D eigenvalue weighted by atomic mass is 10.2. The Morgan fingerprint density at radius 3 is 2.35 bits per heavy atom. The molecule has 0 bridgehead atoms. The standard InChI is InChI=1S/C23H28N2O6/c1-28-20-6-8-21(9-7-20)30-13-10-23(27)31-17-22(26)24-19-4-2-18(3-5-19)16-25-11-14-29-15-12-25/h2-9H,10-17H2,1H3,(H,24,26). The highest BCUT2D eigenvalue weighted by Crippen LogP contribution is 2.17. The third-order valence-electron chi connectivity index (χ3n) is 4.75. The molecule has 1 heterocycles. The second-order valence-corrected chi connectivity index (χ2v) is 7.07. The van der Waals surface area contributed by atoms with Crippen LogP contribution in [0.25, 0.3) is 0 Å². The van der Waals surface area contributed by atoms with Gasteiger partial charge in [0.15, 0.2) is 6.61 Å². The summed E-state index contributed by atoms with van der Waals surface area (Å²) in [6.45, 7) is 4.06. The average molecular weight is 428 g/mol. The Kier molecular flexibility index (Phi) is 8.69. The first-order valence-corrected chi connectivity index (χ1v) is 10.2. The van der Waals surface area contributed by atoms with Gasteiger partial charge in [-0.25, -0.2) is 0 Å². The number of carbonyl (C=O) groups is 2. The van der Waals surface area contributed by atoms with Gasteiger partial charge < -0.3 is 24.3 Å². The number of morpholine rings is 1. The van der Waals surface area contributed by atoms with Gasteiger partial charge in [0.05, 0.1) is 33.4 Å². The molecule has 0 spiro atoms. The van der Waals surface area contributed by atoms with Crippen molar-refractivity contribution in [2.24, 2.45) is 0 Å². The largest absolute Gasteiger partial charge is 0.497 e. The number of nitrogens with one attached hydrogen (secondary N) is 1. The smallest absolute Gasteiger partial charge is 0.309 e. The van der Waals surface area contributed by atoms with Crippen LogP contribution in [0.5, 0.6) is 11.5 Å². The molecular formula is C23H28N2O6. The minimum absolute atomic E-state index is 0.0511. The van der Waals surface area contributed by atoms with Crippen LogP contribution < -0.4 is 14.8 Å². The number of anilines is 1. The molecule has 0 atom stereocenters. The molecule has 2 aromatic carbocycles. The molecule has 3 rings (SSSR count). The van der Waals surface area contributed by atoms with Crippen LogP contribution in [0.4, 0.5) is 5.69 Å². The summed E-state index contributed by atoms with van der Waals surface area (Å²) >= 11 is 0. The average Bonchev–Trinajstić information content (AvgIpc) is 2.80. The summed E-state index contributed by atoms with van der Waals surface area (Å²) in [6, 6.07) is 14.7. The van der Waals surface area contributed by atoms with Crippen molar-refractivity contribution in [3.8, 4) is 11.5 Å². The quantitative estimate of drug-likeness (QED) is 0.582. The predicted octanol–water partition coefficient (Wildman–Crippen LogP) is 2.48. The Balaban J connectivity index is 1.32. The van der Waals surface area contributed by atoms with Crippen molar-refractivity contribution in [3.63, 3.8) is 0 Å². The lowest BCUT2D eigenvalue weighted by molar-refractivity contribution is -0.147. The van der Waals surface area contributed by atoms with E-state index in [2.05, 4.69) is 10.2 Å². The summed E-state index contributed by atoms with van der Waals surface area (Å²) in [7, 11) is 1.59. The summed E-state index contributed by atoms with van der Waals surface area (Å²) in [5.41, 5.74) is 1.83. The number of nitrogens with zero attached hydrogens (tertiary/aromatic N) is 1. The fourth-order valence-electron chi connectivity index (χ4n) is 3.05. The third kappa shape index (κ3) is 7.92. The summed E-state index contributed by atoms with van der Waals surface area (Å²) < 4.78 is 20.9. The van der Waals surface area contributed by atoms with Gasteiger partial charge in [-0.1, -0.05) is 12.1 Å². The van der Waals surface area contributed by atoms with E-state index in [9.17, 15) is 9.59 Å². The number of methoxy groups -OCH3 is 1. The van der Waals surface area contributed by atoms with Crippen LogP contribution in [0.2, 0.25) is 0 Å². The maximum atomic E-state index is 12.0. The summed E-state index contributed by atoms with van der Waals surface area (Å²) in [4.78, 5) is 26.2. The second-order valence-electron chi connectivity index (χ2n) is 7.07. The van der Waals surface area contributed by atoms with Crippen molar-refractivity contribution >= 4 is 17.6 Å². The second kappa shape index (κ2) is 11.9. The summed E-state index contributed by atoms with van der Waals surface area (Å²) in [6.07, 6.45) is 0.0511. The number of hydrogen-bond donors (Lipinski definition) is 1. The van der Waals surface area contributed by atoms with Gasteiger partial charge in [0.1, 0.15) is 11.5 Å². The molecule has 1 amide bonds. The van der Waals surface area contributed by atoms with Gasteiger partial charge in [-0.3, -0.25) is 14.5 Å². The minimum atomic E-state index is -0.496. The number of hydrogen-bond acceptors (Lipinski definition) is 7. The Morgan fingerprint density at radius 2 is 1.68 bits per heavy atom. The van der Waals surface area contributed by atoms with Crippen LogP contribution in [-0.4, -0.2) is 63.4 Å². The minimum Gasteiger partial charge on any atom is -0.497 e. The molecule has 1 fully saturated rings. The molecular weight excluding hydrogens is 400 g/mol. The molecule has 0 unspecified atom stereocenters. The van der Waals surface area contributed by atoms with Gasteiger partial charge in [0.25, 0.3) is 5.91 Å². The van der Waals surface area contributed by atoms with Crippen molar-refractivity contribution < 1.29 is 28.5 Å². The first-order chi connectivity index (χ1) is 15.1. The van der Waals surface area contributed by atoms with Gasteiger partial charge >= 0.3 is 5.97 Å². The molecule has 8 nitrogen and oxygen atoms in total. The highest BCUT2D eigenvalue weighted by molar-refractivity contribution is 5.92. The monoisotopic (exact) mass is 428 g/mol. The van der Waals surface area contributed by atoms with Gasteiger partial charge in [0, 0.05) is 25.3 Å². The van der Waals surface area contributed by atoms with E-state index in [0.717, 1.165) is 38.6 Å². The number of benzene rings is 2. The number of esters is 1. The lowest BCUT2D eigenvalue weighted by Gasteiger charge is -2.26. The molecule has 0 aromatic heterocycles. The van der Waals surface area contributed by atoms with E-state index in [0.29, 0.717) is 11.4 Å². The van der Waals surface area contributed by atoms with Crippen molar-refractivity contribution in [1.82, 2.24) is 4.90 Å². The van der Waals surface area contributed by atoms with Gasteiger partial charge in [-0.15, -0.1) is 0 Å². The van der Waals surface area contributed by atoms with E-state index in [1.54, 1.807) is 31.4 Å². The van der Waals surface area contributed by atoms with Crippen LogP contribution in [0.1, 0.15) is 12.0 Å². The predicted molar refractivity (Wildman–Crippen MR) is 115 cm³/mol. The highest BCUT2D eigenvalue weighted by atomic mass is 16.5. The molecule has 1 saturated heterocycles.